The fourth-order valence-corrected chi connectivity index (χ4v) is 0.742. The van der Waals surface area contributed by atoms with E-state index in [1.165, 1.54) is 0 Å². The first kappa shape index (κ1) is 11.7. The Morgan fingerprint density at radius 2 is 1.08 bits per heavy atom. The van der Waals surface area contributed by atoms with E-state index in [-0.39, 0.29) is 28.2 Å². The topological polar surface area (TPSA) is 80.3 Å². The van der Waals surface area contributed by atoms with Crippen LogP contribution < -0.4 is 10.2 Å². The van der Waals surface area contributed by atoms with Gasteiger partial charge in [-0.3, -0.25) is 0 Å². The summed E-state index contributed by atoms with van der Waals surface area (Å²) in [5.74, 6) is -2.67. The van der Waals surface area contributed by atoms with Gasteiger partial charge in [0.05, 0.1) is 11.9 Å². The van der Waals surface area contributed by atoms with Crippen molar-refractivity contribution in [3.8, 4) is 0 Å². The number of carboxylic acid groups (broad SMARTS) is 2. The number of carbonyl (C=O) groups excluding carboxylic acids is 2. The first-order valence-electron chi connectivity index (χ1n) is 3.14. The fourth-order valence-electron chi connectivity index (χ4n) is 0.742. The molecule has 4 nitrogen and oxygen atoms in total. The van der Waals surface area contributed by atoms with Crippen molar-refractivity contribution >= 4 is 11.9 Å². The predicted molar refractivity (Wildman–Crippen MR) is 35.1 cm³/mol. The summed E-state index contributed by atoms with van der Waals surface area (Å²) in [6.07, 6.45) is 0. The van der Waals surface area contributed by atoms with Crippen LogP contribution in [0.1, 0.15) is 20.7 Å². The minimum Gasteiger partial charge on any atom is -0.545 e. The maximum Gasteiger partial charge on any atom is 2.00 e. The third kappa shape index (κ3) is 2.89. The van der Waals surface area contributed by atoms with Gasteiger partial charge in [-0.1, -0.05) is 24.3 Å². The number of rotatable bonds is 2. The number of carboxylic acids is 2. The molecule has 1 aromatic rings. The van der Waals surface area contributed by atoms with E-state index in [4.69, 9.17) is 0 Å². The molecule has 0 saturated heterocycles. The molecule has 0 amide bonds. The molecule has 0 aromatic heterocycles. The third-order valence-corrected chi connectivity index (χ3v) is 1.36. The smallest absolute Gasteiger partial charge is 0.545 e. The van der Waals surface area contributed by atoms with Gasteiger partial charge in [0.1, 0.15) is 0 Å². The summed E-state index contributed by atoms with van der Waals surface area (Å²) < 4.78 is 0. The molecule has 1 rings (SSSR count). The van der Waals surface area contributed by atoms with Gasteiger partial charge >= 0.3 is 17.1 Å². The largest absolute Gasteiger partial charge is 2.00 e. The minimum atomic E-state index is -1.33. The van der Waals surface area contributed by atoms with Crippen molar-refractivity contribution in [2.45, 2.75) is 0 Å². The van der Waals surface area contributed by atoms with Gasteiger partial charge in [-0.15, -0.1) is 0 Å². The van der Waals surface area contributed by atoms with E-state index in [2.05, 4.69) is 0 Å². The van der Waals surface area contributed by atoms with Gasteiger partial charge in [0.25, 0.3) is 0 Å². The van der Waals surface area contributed by atoms with Crippen LogP contribution in [0.4, 0.5) is 0 Å². The molecule has 1 radical (unpaired) electrons. The Kier molecular flexibility index (Phi) is 4.17. The predicted octanol–water partition coefficient (Wildman–Crippen LogP) is -1.59. The molecule has 5 heteroatoms. The average Bonchev–Trinajstić information content (AvgIpc) is 2.04. The van der Waals surface area contributed by atoms with E-state index in [1.807, 2.05) is 0 Å². The zero-order chi connectivity index (χ0) is 9.14. The standard InChI is InChI=1S/C8H6O4.Mn/c9-7(10)5-1-2-6(4-3-5)8(11)12;/h1-4H,(H,9,10)(H,11,12);/q;+2/p-2. The molecule has 0 aliphatic rings. The van der Waals surface area contributed by atoms with Gasteiger partial charge in [-0.05, 0) is 11.1 Å². The maximum atomic E-state index is 10.2. The van der Waals surface area contributed by atoms with Gasteiger partial charge in [0, 0.05) is 0 Å². The summed E-state index contributed by atoms with van der Waals surface area (Å²) >= 11 is 0. The van der Waals surface area contributed by atoms with Crippen molar-refractivity contribution in [3.05, 3.63) is 35.4 Å². The summed E-state index contributed by atoms with van der Waals surface area (Å²) in [5.41, 5.74) is -0.111. The number of hydrogen-bond acceptors (Lipinski definition) is 4. The first-order chi connectivity index (χ1) is 5.61. The Hall–Kier alpha value is -1.32. The van der Waals surface area contributed by atoms with Crippen LogP contribution in [-0.4, -0.2) is 11.9 Å². The molecule has 0 fully saturated rings. The first-order valence-corrected chi connectivity index (χ1v) is 3.14. The number of hydrogen-bond donors (Lipinski definition) is 0. The Labute approximate surface area is 84.7 Å². The van der Waals surface area contributed by atoms with Crippen molar-refractivity contribution < 1.29 is 36.9 Å². The Bertz CT molecular complexity index is 284. The number of aromatic carboxylic acids is 2. The SMILES string of the molecule is O=C([O-])c1ccc(C(=O)[O-])cc1.[Mn+2]. The van der Waals surface area contributed by atoms with Crippen LogP contribution in [0.5, 0.6) is 0 Å². The molecule has 0 aliphatic carbocycles. The molecule has 0 heterocycles. The molecule has 0 spiro atoms. The second-order valence-electron chi connectivity index (χ2n) is 2.15. The van der Waals surface area contributed by atoms with Crippen LogP contribution >= 0.6 is 0 Å². The van der Waals surface area contributed by atoms with Crippen LogP contribution in [0.25, 0.3) is 0 Å². The maximum absolute atomic E-state index is 10.2. The molecule has 13 heavy (non-hydrogen) atoms. The summed E-state index contributed by atoms with van der Waals surface area (Å²) in [5, 5.41) is 20.4. The number of benzene rings is 1. The van der Waals surface area contributed by atoms with Crippen LogP contribution in [0.3, 0.4) is 0 Å². The van der Waals surface area contributed by atoms with Crippen molar-refractivity contribution in [1.29, 1.82) is 0 Å². The van der Waals surface area contributed by atoms with E-state index in [0.717, 1.165) is 24.3 Å². The van der Waals surface area contributed by atoms with Crippen LogP contribution in [0, 0.1) is 0 Å². The minimum absolute atomic E-state index is 0. The van der Waals surface area contributed by atoms with Gasteiger partial charge in [-0.2, -0.15) is 0 Å². The number of carbonyl (C=O) groups is 2. The quantitative estimate of drug-likeness (QED) is 0.561. The van der Waals surface area contributed by atoms with Crippen LogP contribution in [-0.2, 0) is 17.1 Å². The normalized spacial score (nSPS) is 8.62. The molecular formula is C8H4MnO4. The molecule has 0 bridgehead atoms. The van der Waals surface area contributed by atoms with E-state index >= 15 is 0 Å². The molecule has 1 aromatic carbocycles. The summed E-state index contributed by atoms with van der Waals surface area (Å²) in [6, 6.07) is 4.61. The van der Waals surface area contributed by atoms with Gasteiger partial charge in [-0.25, -0.2) is 0 Å². The monoisotopic (exact) mass is 219 g/mol. The Morgan fingerprint density at radius 1 is 0.846 bits per heavy atom. The van der Waals surface area contributed by atoms with Crippen molar-refractivity contribution in [1.82, 2.24) is 0 Å². The van der Waals surface area contributed by atoms with Crippen LogP contribution in [0.2, 0.25) is 0 Å². The zero-order valence-electron chi connectivity index (χ0n) is 6.32. The molecule has 67 valence electrons. The Morgan fingerprint density at radius 3 is 1.23 bits per heavy atom. The molecule has 0 aliphatic heterocycles. The molecular weight excluding hydrogens is 215 g/mol. The van der Waals surface area contributed by atoms with E-state index in [9.17, 15) is 19.8 Å². The Balaban J connectivity index is 0.00000144. The van der Waals surface area contributed by atoms with Crippen molar-refractivity contribution in [3.63, 3.8) is 0 Å². The van der Waals surface area contributed by atoms with Gasteiger partial charge in [0.15, 0.2) is 0 Å². The zero-order valence-corrected chi connectivity index (χ0v) is 7.50. The average molecular weight is 219 g/mol. The summed E-state index contributed by atoms with van der Waals surface area (Å²) in [6.45, 7) is 0. The van der Waals surface area contributed by atoms with Gasteiger partial charge in [0.2, 0.25) is 0 Å². The van der Waals surface area contributed by atoms with Crippen molar-refractivity contribution in [2.24, 2.45) is 0 Å². The summed E-state index contributed by atoms with van der Waals surface area (Å²) in [7, 11) is 0. The summed E-state index contributed by atoms with van der Waals surface area (Å²) in [4.78, 5) is 20.4. The molecule has 0 atom stereocenters. The van der Waals surface area contributed by atoms with Crippen molar-refractivity contribution in [2.75, 3.05) is 0 Å². The molecule has 0 unspecified atom stereocenters. The molecule has 0 saturated carbocycles. The van der Waals surface area contributed by atoms with E-state index < -0.39 is 11.9 Å². The fraction of sp³-hybridized carbons (Fsp3) is 0. The molecule has 0 N–H and O–H groups in total. The van der Waals surface area contributed by atoms with Crippen LogP contribution in [0.15, 0.2) is 24.3 Å². The van der Waals surface area contributed by atoms with E-state index in [0.29, 0.717) is 0 Å². The van der Waals surface area contributed by atoms with E-state index in [1.54, 1.807) is 0 Å². The third-order valence-electron chi connectivity index (χ3n) is 1.36. The second kappa shape index (κ2) is 4.64. The second-order valence-corrected chi connectivity index (χ2v) is 2.15. The van der Waals surface area contributed by atoms with Gasteiger partial charge < -0.3 is 19.8 Å².